The summed E-state index contributed by atoms with van der Waals surface area (Å²) in [5, 5.41) is 9.00. The van der Waals surface area contributed by atoms with Crippen molar-refractivity contribution in [1.29, 1.82) is 0 Å². The van der Waals surface area contributed by atoms with Gasteiger partial charge in [-0.15, -0.1) is 0 Å². The third-order valence-electron chi connectivity index (χ3n) is 3.66. The van der Waals surface area contributed by atoms with Crippen LogP contribution in [-0.4, -0.2) is 35.6 Å². The Labute approximate surface area is 128 Å². The first kappa shape index (κ1) is 15.3. The molecule has 1 atom stereocenters. The zero-order valence-electron chi connectivity index (χ0n) is 11.5. The van der Waals surface area contributed by atoms with Gasteiger partial charge >= 0.3 is 0 Å². The highest BCUT2D eigenvalue weighted by Crippen LogP contribution is 2.19. The second-order valence-corrected chi connectivity index (χ2v) is 6.11. The van der Waals surface area contributed by atoms with Gasteiger partial charge in [0.2, 0.25) is 5.91 Å². The normalized spacial score (nSPS) is 19.5. The van der Waals surface area contributed by atoms with Crippen LogP contribution in [0.25, 0.3) is 6.08 Å². The number of aliphatic hydroxyl groups is 1. The summed E-state index contributed by atoms with van der Waals surface area (Å²) in [5.41, 5.74) is 1.02. The average Bonchev–Trinajstić information content (AvgIpc) is 2.47. The Morgan fingerprint density at radius 2 is 2.15 bits per heavy atom. The highest BCUT2D eigenvalue weighted by atomic mass is 79.9. The number of nitrogens with zero attached hydrogens (tertiary/aromatic N) is 1. The van der Waals surface area contributed by atoms with E-state index in [0.717, 1.165) is 42.4 Å². The van der Waals surface area contributed by atoms with Crippen molar-refractivity contribution in [3.05, 3.63) is 40.4 Å². The van der Waals surface area contributed by atoms with Crippen molar-refractivity contribution in [2.45, 2.75) is 19.3 Å². The smallest absolute Gasteiger partial charge is 0.246 e. The van der Waals surface area contributed by atoms with Crippen molar-refractivity contribution >= 4 is 27.9 Å². The Bertz CT molecular complexity index is 468. The van der Waals surface area contributed by atoms with Crippen molar-refractivity contribution in [2.75, 3.05) is 19.7 Å². The lowest BCUT2D eigenvalue weighted by Gasteiger charge is -2.31. The van der Waals surface area contributed by atoms with E-state index in [9.17, 15) is 4.79 Å². The van der Waals surface area contributed by atoms with E-state index in [4.69, 9.17) is 5.11 Å². The molecule has 0 radical (unpaired) electrons. The van der Waals surface area contributed by atoms with E-state index in [1.54, 1.807) is 6.08 Å². The molecule has 20 heavy (non-hydrogen) atoms. The van der Waals surface area contributed by atoms with E-state index >= 15 is 0 Å². The lowest BCUT2D eigenvalue weighted by atomic mass is 9.95. The first-order valence-electron chi connectivity index (χ1n) is 7.02. The molecular formula is C16H20BrNO2. The van der Waals surface area contributed by atoms with E-state index in [1.807, 2.05) is 35.2 Å². The highest BCUT2D eigenvalue weighted by molar-refractivity contribution is 9.10. The maximum atomic E-state index is 12.2. The Hall–Kier alpha value is -1.13. The third kappa shape index (κ3) is 4.46. The third-order valence-corrected chi connectivity index (χ3v) is 4.19. The molecule has 0 aromatic heterocycles. The van der Waals surface area contributed by atoms with E-state index in [0.29, 0.717) is 5.92 Å². The minimum atomic E-state index is 0.0653. The minimum absolute atomic E-state index is 0.0653. The number of likely N-dealkylation sites (tertiary alicyclic amines) is 1. The van der Waals surface area contributed by atoms with Crippen LogP contribution in [0, 0.1) is 5.92 Å². The highest BCUT2D eigenvalue weighted by Gasteiger charge is 2.21. The van der Waals surface area contributed by atoms with Gasteiger partial charge in [-0.25, -0.2) is 0 Å². The molecule has 1 aromatic rings. The molecule has 2 rings (SSSR count). The van der Waals surface area contributed by atoms with Gasteiger partial charge < -0.3 is 10.0 Å². The van der Waals surface area contributed by atoms with Crippen LogP contribution >= 0.6 is 15.9 Å². The monoisotopic (exact) mass is 337 g/mol. The van der Waals surface area contributed by atoms with E-state index in [2.05, 4.69) is 15.9 Å². The summed E-state index contributed by atoms with van der Waals surface area (Å²) in [6.45, 7) is 1.80. The summed E-state index contributed by atoms with van der Waals surface area (Å²) in [6.07, 6.45) is 6.43. The number of hydrogen-bond donors (Lipinski definition) is 1. The Morgan fingerprint density at radius 1 is 1.40 bits per heavy atom. The molecule has 108 valence electrons. The van der Waals surface area contributed by atoms with Crippen LogP contribution in [0.2, 0.25) is 0 Å². The molecule has 0 aliphatic carbocycles. The molecule has 1 aromatic carbocycles. The van der Waals surface area contributed by atoms with E-state index in [1.165, 1.54) is 0 Å². The second kappa shape index (κ2) is 7.60. The van der Waals surface area contributed by atoms with Crippen LogP contribution in [0.1, 0.15) is 24.8 Å². The standard InChI is InChI=1S/C16H20BrNO2/c17-15-6-3-13(4-7-15)5-8-16(20)18-10-1-2-14(12-18)9-11-19/h3-8,14,19H,1-2,9-12H2. The number of benzene rings is 1. The number of carbonyl (C=O) groups is 1. The summed E-state index contributed by atoms with van der Waals surface area (Å²) >= 11 is 3.39. The zero-order valence-corrected chi connectivity index (χ0v) is 13.1. The number of halogens is 1. The molecule has 1 heterocycles. The number of aliphatic hydroxyl groups excluding tert-OH is 1. The molecular weight excluding hydrogens is 318 g/mol. The zero-order chi connectivity index (χ0) is 14.4. The van der Waals surface area contributed by atoms with Gasteiger partial charge in [-0.3, -0.25) is 4.79 Å². The number of amides is 1. The molecule has 1 aliphatic heterocycles. The quantitative estimate of drug-likeness (QED) is 0.857. The van der Waals surface area contributed by atoms with Gasteiger partial charge in [0.25, 0.3) is 0 Å². The van der Waals surface area contributed by atoms with Crippen LogP contribution in [-0.2, 0) is 4.79 Å². The Balaban J connectivity index is 1.92. The molecule has 4 heteroatoms. The van der Waals surface area contributed by atoms with Crippen molar-refractivity contribution in [3.8, 4) is 0 Å². The molecule has 1 aliphatic rings. The largest absolute Gasteiger partial charge is 0.396 e. The van der Waals surface area contributed by atoms with Crippen molar-refractivity contribution in [1.82, 2.24) is 4.90 Å². The minimum Gasteiger partial charge on any atom is -0.396 e. The maximum Gasteiger partial charge on any atom is 0.246 e. The molecule has 1 unspecified atom stereocenters. The molecule has 1 amide bonds. The lowest BCUT2D eigenvalue weighted by Crippen LogP contribution is -2.39. The SMILES string of the molecule is O=C(C=Cc1ccc(Br)cc1)N1CCCC(CCO)C1. The predicted octanol–water partition coefficient (Wildman–Crippen LogP) is 3.08. The van der Waals surface area contributed by atoms with Crippen LogP contribution in [0.3, 0.4) is 0 Å². The first-order valence-corrected chi connectivity index (χ1v) is 7.82. The molecule has 1 N–H and O–H groups in total. The van der Waals surface area contributed by atoms with E-state index < -0.39 is 0 Å². The topological polar surface area (TPSA) is 40.5 Å². The first-order chi connectivity index (χ1) is 9.69. The molecule has 0 saturated carbocycles. The van der Waals surface area contributed by atoms with Crippen LogP contribution in [0.4, 0.5) is 0 Å². The summed E-state index contributed by atoms with van der Waals surface area (Å²) in [5.74, 6) is 0.509. The fourth-order valence-electron chi connectivity index (χ4n) is 2.53. The van der Waals surface area contributed by atoms with Crippen molar-refractivity contribution < 1.29 is 9.90 Å². The Kier molecular flexibility index (Phi) is 5.80. The lowest BCUT2D eigenvalue weighted by molar-refractivity contribution is -0.127. The fraction of sp³-hybridized carbons (Fsp3) is 0.438. The van der Waals surface area contributed by atoms with Crippen LogP contribution in [0.5, 0.6) is 0 Å². The summed E-state index contributed by atoms with van der Waals surface area (Å²) < 4.78 is 1.03. The van der Waals surface area contributed by atoms with Gasteiger partial charge in [0.15, 0.2) is 0 Å². The number of carbonyl (C=O) groups excluding carboxylic acids is 1. The van der Waals surface area contributed by atoms with Crippen molar-refractivity contribution in [3.63, 3.8) is 0 Å². The van der Waals surface area contributed by atoms with Gasteiger partial charge in [0, 0.05) is 30.2 Å². The van der Waals surface area contributed by atoms with Crippen LogP contribution in [0.15, 0.2) is 34.8 Å². The molecule has 1 saturated heterocycles. The van der Waals surface area contributed by atoms with Crippen molar-refractivity contribution in [2.24, 2.45) is 5.92 Å². The summed E-state index contributed by atoms with van der Waals surface area (Å²) in [6, 6.07) is 7.86. The van der Waals surface area contributed by atoms with Crippen LogP contribution < -0.4 is 0 Å². The van der Waals surface area contributed by atoms with Gasteiger partial charge in [-0.2, -0.15) is 0 Å². The number of rotatable bonds is 4. The fourth-order valence-corrected chi connectivity index (χ4v) is 2.79. The number of piperidine rings is 1. The maximum absolute atomic E-state index is 12.2. The van der Waals surface area contributed by atoms with Gasteiger partial charge in [-0.05, 0) is 49.0 Å². The molecule has 3 nitrogen and oxygen atoms in total. The van der Waals surface area contributed by atoms with E-state index in [-0.39, 0.29) is 12.5 Å². The predicted molar refractivity (Wildman–Crippen MR) is 84.2 cm³/mol. The molecule has 0 spiro atoms. The number of hydrogen-bond acceptors (Lipinski definition) is 2. The average molecular weight is 338 g/mol. The second-order valence-electron chi connectivity index (χ2n) is 5.19. The molecule has 1 fully saturated rings. The van der Waals surface area contributed by atoms with Gasteiger partial charge in [0.1, 0.15) is 0 Å². The summed E-state index contributed by atoms with van der Waals surface area (Å²) in [4.78, 5) is 14.0. The van der Waals surface area contributed by atoms with Gasteiger partial charge in [-0.1, -0.05) is 28.1 Å². The van der Waals surface area contributed by atoms with Gasteiger partial charge in [0.05, 0.1) is 0 Å². The Morgan fingerprint density at radius 3 is 2.85 bits per heavy atom. The molecule has 0 bridgehead atoms. The summed E-state index contributed by atoms with van der Waals surface area (Å²) in [7, 11) is 0.